The Morgan fingerprint density at radius 2 is 1.73 bits per heavy atom. The number of phenols is 2. The molecule has 0 saturated heterocycles. The molecule has 116 valence electrons. The minimum atomic E-state index is 0.124. The molecule has 2 N–H and O–H groups in total. The van der Waals surface area contributed by atoms with Crippen LogP contribution in [-0.4, -0.2) is 10.2 Å². The Kier molecular flexibility index (Phi) is 4.92. The van der Waals surface area contributed by atoms with Crippen LogP contribution in [0.3, 0.4) is 0 Å². The van der Waals surface area contributed by atoms with E-state index in [4.69, 9.17) is 0 Å². The summed E-state index contributed by atoms with van der Waals surface area (Å²) in [5, 5.41) is 20.9. The molecule has 0 aliphatic rings. The van der Waals surface area contributed by atoms with Crippen LogP contribution in [0.25, 0.3) is 16.7 Å². The second-order valence-electron chi connectivity index (χ2n) is 5.94. The molecule has 0 heterocycles. The van der Waals surface area contributed by atoms with Gasteiger partial charge in [-0.25, -0.2) is 0 Å². The Morgan fingerprint density at radius 1 is 1.09 bits per heavy atom. The van der Waals surface area contributed by atoms with E-state index in [0.29, 0.717) is 5.56 Å². The Morgan fingerprint density at radius 3 is 2.27 bits per heavy atom. The van der Waals surface area contributed by atoms with Crippen LogP contribution >= 0.6 is 0 Å². The van der Waals surface area contributed by atoms with E-state index in [9.17, 15) is 10.2 Å². The Bertz CT molecular complexity index is 676. The van der Waals surface area contributed by atoms with Crippen molar-refractivity contribution in [3.05, 3.63) is 53.6 Å². The third-order valence-corrected chi connectivity index (χ3v) is 3.88. The van der Waals surface area contributed by atoms with Crippen molar-refractivity contribution in [2.24, 2.45) is 0 Å². The van der Waals surface area contributed by atoms with E-state index in [1.165, 1.54) is 0 Å². The topological polar surface area (TPSA) is 40.5 Å². The molecule has 0 fully saturated rings. The third-order valence-electron chi connectivity index (χ3n) is 3.88. The van der Waals surface area contributed by atoms with Gasteiger partial charge < -0.3 is 10.2 Å². The van der Waals surface area contributed by atoms with E-state index < -0.39 is 0 Å². The Labute approximate surface area is 132 Å². The van der Waals surface area contributed by atoms with Gasteiger partial charge in [0.2, 0.25) is 0 Å². The fourth-order valence-corrected chi connectivity index (χ4v) is 2.71. The Balaban J connectivity index is 2.58. The summed E-state index contributed by atoms with van der Waals surface area (Å²) >= 11 is 0. The monoisotopic (exact) mass is 296 g/mol. The van der Waals surface area contributed by atoms with Crippen LogP contribution in [0.2, 0.25) is 0 Å². The van der Waals surface area contributed by atoms with E-state index in [0.717, 1.165) is 47.1 Å². The lowest BCUT2D eigenvalue weighted by atomic mass is 9.92. The zero-order valence-corrected chi connectivity index (χ0v) is 13.6. The van der Waals surface area contributed by atoms with Gasteiger partial charge in [-0.15, -0.1) is 0 Å². The molecule has 0 unspecified atom stereocenters. The smallest absolute Gasteiger partial charge is 0.127 e. The van der Waals surface area contributed by atoms with Gasteiger partial charge in [0.05, 0.1) is 5.56 Å². The standard InChI is InChI=1S/C20H24O2/c1-5-6-7-15-11-18(21)20(19(22)12-15)17-10-14(4)8-9-16(17)13(2)3/h8-12,21-22H,2,5-7H2,1,3-4H3. The number of hydrogen-bond acceptors (Lipinski definition) is 2. The molecule has 2 aromatic carbocycles. The summed E-state index contributed by atoms with van der Waals surface area (Å²) in [7, 11) is 0. The van der Waals surface area contributed by atoms with E-state index in [1.807, 2.05) is 32.0 Å². The number of rotatable bonds is 5. The van der Waals surface area contributed by atoms with Crippen molar-refractivity contribution in [1.29, 1.82) is 0 Å². The molecule has 0 aliphatic carbocycles. The van der Waals surface area contributed by atoms with Crippen LogP contribution in [0, 0.1) is 6.92 Å². The lowest BCUT2D eigenvalue weighted by Gasteiger charge is -2.15. The van der Waals surface area contributed by atoms with Gasteiger partial charge in [0.25, 0.3) is 0 Å². The molecule has 0 bridgehead atoms. The Hall–Kier alpha value is -2.22. The first-order chi connectivity index (χ1) is 10.4. The first-order valence-electron chi connectivity index (χ1n) is 7.75. The number of allylic oxidation sites excluding steroid dienone is 1. The predicted octanol–water partition coefficient (Wildman–Crippen LogP) is 5.45. The average Bonchev–Trinajstić information content (AvgIpc) is 2.44. The maximum atomic E-state index is 10.4. The highest BCUT2D eigenvalue weighted by atomic mass is 16.3. The molecule has 0 aliphatic heterocycles. The van der Waals surface area contributed by atoms with Crippen molar-refractivity contribution in [3.63, 3.8) is 0 Å². The molecule has 0 radical (unpaired) electrons. The van der Waals surface area contributed by atoms with Crippen molar-refractivity contribution in [2.45, 2.75) is 40.0 Å². The number of aromatic hydroxyl groups is 2. The summed E-state index contributed by atoms with van der Waals surface area (Å²) in [5.41, 5.74) is 5.20. The summed E-state index contributed by atoms with van der Waals surface area (Å²) < 4.78 is 0. The minimum absolute atomic E-state index is 0.124. The quantitative estimate of drug-likeness (QED) is 0.770. The van der Waals surface area contributed by atoms with Crippen LogP contribution in [0.5, 0.6) is 11.5 Å². The molecule has 0 aromatic heterocycles. The minimum Gasteiger partial charge on any atom is -0.507 e. The number of aryl methyl sites for hydroxylation is 2. The van der Waals surface area contributed by atoms with E-state index in [-0.39, 0.29) is 11.5 Å². The summed E-state index contributed by atoms with van der Waals surface area (Å²) in [4.78, 5) is 0. The van der Waals surface area contributed by atoms with Gasteiger partial charge in [-0.05, 0) is 55.5 Å². The number of benzene rings is 2. The van der Waals surface area contributed by atoms with Crippen molar-refractivity contribution in [1.82, 2.24) is 0 Å². The van der Waals surface area contributed by atoms with Gasteiger partial charge in [0.15, 0.2) is 0 Å². The number of phenolic OH excluding ortho intramolecular Hbond substituents is 2. The first-order valence-corrected chi connectivity index (χ1v) is 7.75. The van der Waals surface area contributed by atoms with Gasteiger partial charge in [0.1, 0.15) is 11.5 Å². The van der Waals surface area contributed by atoms with Crippen molar-refractivity contribution in [2.75, 3.05) is 0 Å². The molecule has 2 nitrogen and oxygen atoms in total. The maximum Gasteiger partial charge on any atom is 0.127 e. The van der Waals surface area contributed by atoms with Crippen molar-refractivity contribution in [3.8, 4) is 22.6 Å². The number of hydrogen-bond donors (Lipinski definition) is 2. The lowest BCUT2D eigenvalue weighted by molar-refractivity contribution is 0.452. The van der Waals surface area contributed by atoms with Gasteiger partial charge in [-0.2, -0.15) is 0 Å². The van der Waals surface area contributed by atoms with Gasteiger partial charge in [-0.1, -0.05) is 49.3 Å². The number of unbranched alkanes of at least 4 members (excludes halogenated alkanes) is 1. The zero-order valence-electron chi connectivity index (χ0n) is 13.6. The SMILES string of the molecule is C=C(C)c1ccc(C)cc1-c1c(O)cc(CCCC)cc1O. The van der Waals surface area contributed by atoms with Gasteiger partial charge >= 0.3 is 0 Å². The molecule has 2 rings (SSSR count). The fourth-order valence-electron chi connectivity index (χ4n) is 2.71. The maximum absolute atomic E-state index is 10.4. The normalized spacial score (nSPS) is 10.7. The molecule has 0 amide bonds. The highest BCUT2D eigenvalue weighted by Crippen LogP contribution is 2.42. The highest BCUT2D eigenvalue weighted by Gasteiger charge is 2.16. The van der Waals surface area contributed by atoms with E-state index in [2.05, 4.69) is 13.5 Å². The molecular weight excluding hydrogens is 272 g/mol. The molecular formula is C20H24O2. The van der Waals surface area contributed by atoms with Crippen LogP contribution in [-0.2, 0) is 6.42 Å². The van der Waals surface area contributed by atoms with Gasteiger partial charge in [-0.3, -0.25) is 0 Å². The third kappa shape index (κ3) is 3.33. The average molecular weight is 296 g/mol. The van der Waals surface area contributed by atoms with Crippen molar-refractivity contribution >= 4 is 5.57 Å². The first kappa shape index (κ1) is 16.2. The van der Waals surface area contributed by atoms with Crippen LogP contribution in [0.1, 0.15) is 43.4 Å². The summed E-state index contributed by atoms with van der Waals surface area (Å²) in [5.74, 6) is 0.249. The molecule has 0 spiro atoms. The predicted molar refractivity (Wildman–Crippen MR) is 93.3 cm³/mol. The molecule has 2 aromatic rings. The molecule has 22 heavy (non-hydrogen) atoms. The van der Waals surface area contributed by atoms with E-state index in [1.54, 1.807) is 12.1 Å². The molecule has 0 saturated carbocycles. The van der Waals surface area contributed by atoms with Crippen LogP contribution in [0.15, 0.2) is 36.9 Å². The summed E-state index contributed by atoms with van der Waals surface area (Å²) in [6.45, 7) is 10.0. The lowest BCUT2D eigenvalue weighted by Crippen LogP contribution is -1.92. The van der Waals surface area contributed by atoms with Crippen LogP contribution in [0.4, 0.5) is 0 Å². The molecule has 2 heteroatoms. The zero-order chi connectivity index (χ0) is 16.3. The van der Waals surface area contributed by atoms with E-state index >= 15 is 0 Å². The van der Waals surface area contributed by atoms with Crippen LogP contribution < -0.4 is 0 Å². The van der Waals surface area contributed by atoms with Crippen molar-refractivity contribution < 1.29 is 10.2 Å². The summed E-state index contributed by atoms with van der Waals surface area (Å²) in [6.07, 6.45) is 2.99. The fraction of sp³-hybridized carbons (Fsp3) is 0.300. The highest BCUT2D eigenvalue weighted by molar-refractivity contribution is 5.86. The second kappa shape index (κ2) is 6.69. The largest absolute Gasteiger partial charge is 0.507 e. The summed E-state index contributed by atoms with van der Waals surface area (Å²) in [6, 6.07) is 9.49. The molecule has 0 atom stereocenters. The second-order valence-corrected chi connectivity index (χ2v) is 5.94. The van der Waals surface area contributed by atoms with Gasteiger partial charge in [0, 0.05) is 0 Å².